The van der Waals surface area contributed by atoms with Crippen LogP contribution in [0.25, 0.3) is 0 Å². The fourth-order valence-corrected chi connectivity index (χ4v) is 2.28. The summed E-state index contributed by atoms with van der Waals surface area (Å²) in [4.78, 5) is 21.7. The minimum atomic E-state index is -0.834. The Morgan fingerprint density at radius 2 is 1.82 bits per heavy atom. The molecule has 17 heavy (non-hydrogen) atoms. The molecule has 0 aliphatic heterocycles. The van der Waals surface area contributed by atoms with Crippen LogP contribution in [-0.2, 0) is 9.59 Å². The summed E-state index contributed by atoms with van der Waals surface area (Å²) in [5.41, 5.74) is 0. The molecule has 1 rings (SSSR count). The van der Waals surface area contributed by atoms with Crippen molar-refractivity contribution in [3.8, 4) is 0 Å². The van der Waals surface area contributed by atoms with E-state index in [1.807, 2.05) is 0 Å². The highest BCUT2D eigenvalue weighted by Crippen LogP contribution is 2.27. The molecule has 0 saturated heterocycles. The lowest BCUT2D eigenvalue weighted by Crippen LogP contribution is -2.30. The largest absolute Gasteiger partial charge is 0.481 e. The van der Waals surface area contributed by atoms with Crippen molar-refractivity contribution in [3.05, 3.63) is 0 Å². The minimum Gasteiger partial charge on any atom is -0.481 e. The average molecular weight is 241 g/mol. The number of amides is 1. The second-order valence-electron chi connectivity index (χ2n) is 5.18. The van der Waals surface area contributed by atoms with Gasteiger partial charge in [0.1, 0.15) is 0 Å². The molecule has 4 heteroatoms. The van der Waals surface area contributed by atoms with Crippen LogP contribution in [0.5, 0.6) is 0 Å². The molecule has 4 nitrogen and oxygen atoms in total. The van der Waals surface area contributed by atoms with Crippen LogP contribution >= 0.6 is 0 Å². The molecule has 0 radical (unpaired) electrons. The van der Waals surface area contributed by atoms with Crippen LogP contribution in [0.1, 0.15) is 51.9 Å². The number of hydrogen-bond acceptors (Lipinski definition) is 2. The first-order valence-electron chi connectivity index (χ1n) is 6.56. The Hall–Kier alpha value is -1.06. The number of carbonyl (C=O) groups excluding carboxylic acids is 1. The maximum Gasteiger partial charge on any atom is 0.303 e. The normalized spacial score (nSPS) is 24.3. The number of nitrogens with one attached hydrogen (secondary N) is 1. The lowest BCUT2D eigenvalue weighted by molar-refractivity contribution is -0.137. The van der Waals surface area contributed by atoms with Crippen molar-refractivity contribution in [3.63, 3.8) is 0 Å². The van der Waals surface area contributed by atoms with Crippen LogP contribution in [0.2, 0.25) is 0 Å². The van der Waals surface area contributed by atoms with Gasteiger partial charge in [-0.05, 0) is 31.1 Å². The van der Waals surface area contributed by atoms with Gasteiger partial charge in [-0.3, -0.25) is 9.59 Å². The van der Waals surface area contributed by atoms with E-state index < -0.39 is 5.97 Å². The van der Waals surface area contributed by atoms with Crippen LogP contribution in [-0.4, -0.2) is 23.5 Å². The number of rotatable bonds is 6. The molecule has 0 aromatic rings. The minimum absolute atomic E-state index is 0.00938. The number of carboxylic acids is 1. The first-order valence-corrected chi connectivity index (χ1v) is 6.56. The molecule has 1 aliphatic rings. The summed E-state index contributed by atoms with van der Waals surface area (Å²) in [7, 11) is 0. The van der Waals surface area contributed by atoms with E-state index >= 15 is 0 Å². The molecule has 0 aromatic carbocycles. The van der Waals surface area contributed by atoms with E-state index in [9.17, 15) is 9.59 Å². The van der Waals surface area contributed by atoms with Gasteiger partial charge in [0, 0.05) is 19.4 Å². The number of carbonyl (C=O) groups is 2. The standard InChI is InChI=1S/C13H23NO3/c1-10-5-7-11(8-6-10)9-14-12(15)3-2-4-13(16)17/h10-11H,2-9H2,1H3,(H,14,15)(H,16,17). The quantitative estimate of drug-likeness (QED) is 0.749. The first kappa shape index (κ1) is 14.0. The Morgan fingerprint density at radius 1 is 1.18 bits per heavy atom. The van der Waals surface area contributed by atoms with Gasteiger partial charge in [0.25, 0.3) is 0 Å². The maximum atomic E-state index is 11.4. The van der Waals surface area contributed by atoms with Gasteiger partial charge in [-0.1, -0.05) is 19.8 Å². The first-order chi connectivity index (χ1) is 8.08. The number of carboxylic acid groups (broad SMARTS) is 1. The zero-order valence-corrected chi connectivity index (χ0v) is 10.6. The molecule has 0 heterocycles. The van der Waals surface area contributed by atoms with Crippen molar-refractivity contribution in [2.24, 2.45) is 11.8 Å². The number of aliphatic carboxylic acids is 1. The molecule has 1 saturated carbocycles. The highest BCUT2D eigenvalue weighted by Gasteiger charge is 2.18. The van der Waals surface area contributed by atoms with E-state index in [0.717, 1.165) is 12.5 Å². The monoisotopic (exact) mass is 241 g/mol. The molecule has 0 spiro atoms. The highest BCUT2D eigenvalue weighted by molar-refractivity contribution is 5.76. The third kappa shape index (κ3) is 6.29. The smallest absolute Gasteiger partial charge is 0.303 e. The fourth-order valence-electron chi connectivity index (χ4n) is 2.28. The van der Waals surface area contributed by atoms with E-state index in [1.54, 1.807) is 0 Å². The van der Waals surface area contributed by atoms with Crippen LogP contribution in [0, 0.1) is 11.8 Å². The zero-order chi connectivity index (χ0) is 12.7. The lowest BCUT2D eigenvalue weighted by Gasteiger charge is -2.26. The van der Waals surface area contributed by atoms with Gasteiger partial charge in [-0.25, -0.2) is 0 Å². The molecule has 1 amide bonds. The predicted molar refractivity (Wildman–Crippen MR) is 65.6 cm³/mol. The number of hydrogen-bond donors (Lipinski definition) is 2. The van der Waals surface area contributed by atoms with E-state index in [-0.39, 0.29) is 12.3 Å². The van der Waals surface area contributed by atoms with E-state index in [0.29, 0.717) is 18.8 Å². The van der Waals surface area contributed by atoms with Gasteiger partial charge < -0.3 is 10.4 Å². The van der Waals surface area contributed by atoms with Crippen molar-refractivity contribution < 1.29 is 14.7 Å². The molecule has 0 unspecified atom stereocenters. The third-order valence-electron chi connectivity index (χ3n) is 3.52. The van der Waals surface area contributed by atoms with Gasteiger partial charge in [0.2, 0.25) is 5.91 Å². The molecule has 0 atom stereocenters. The summed E-state index contributed by atoms with van der Waals surface area (Å²) in [6, 6.07) is 0. The second kappa shape index (κ2) is 7.30. The molecule has 98 valence electrons. The van der Waals surface area contributed by atoms with Crippen LogP contribution in [0.4, 0.5) is 0 Å². The summed E-state index contributed by atoms with van der Waals surface area (Å²) in [5.74, 6) is 0.607. The predicted octanol–water partition coefficient (Wildman–Crippen LogP) is 2.18. The SMILES string of the molecule is CC1CCC(CNC(=O)CCCC(=O)O)CC1. The Labute approximate surface area is 103 Å². The average Bonchev–Trinajstić information content (AvgIpc) is 2.28. The molecule has 1 aliphatic carbocycles. The molecule has 0 bridgehead atoms. The Bertz CT molecular complexity index is 257. The topological polar surface area (TPSA) is 66.4 Å². The molecular weight excluding hydrogens is 218 g/mol. The second-order valence-corrected chi connectivity index (χ2v) is 5.18. The van der Waals surface area contributed by atoms with Gasteiger partial charge in [0.05, 0.1) is 0 Å². The zero-order valence-electron chi connectivity index (χ0n) is 10.6. The van der Waals surface area contributed by atoms with Crippen LogP contribution in [0.15, 0.2) is 0 Å². The van der Waals surface area contributed by atoms with Crippen molar-refractivity contribution in [2.75, 3.05) is 6.54 Å². The molecule has 1 fully saturated rings. The molecule has 0 aromatic heterocycles. The van der Waals surface area contributed by atoms with Gasteiger partial charge in [-0.2, -0.15) is 0 Å². The maximum absolute atomic E-state index is 11.4. The Kier molecular flexibility index (Phi) is 6.01. The van der Waals surface area contributed by atoms with Crippen molar-refractivity contribution in [1.82, 2.24) is 5.32 Å². The highest BCUT2D eigenvalue weighted by atomic mass is 16.4. The van der Waals surface area contributed by atoms with E-state index in [4.69, 9.17) is 5.11 Å². The van der Waals surface area contributed by atoms with Gasteiger partial charge in [-0.15, -0.1) is 0 Å². The van der Waals surface area contributed by atoms with Crippen molar-refractivity contribution >= 4 is 11.9 Å². The van der Waals surface area contributed by atoms with Gasteiger partial charge >= 0.3 is 5.97 Å². The molecular formula is C13H23NO3. The van der Waals surface area contributed by atoms with Gasteiger partial charge in [0.15, 0.2) is 0 Å². The summed E-state index contributed by atoms with van der Waals surface area (Å²) < 4.78 is 0. The fraction of sp³-hybridized carbons (Fsp3) is 0.846. The summed E-state index contributed by atoms with van der Waals surface area (Å²) in [6.45, 7) is 3.04. The van der Waals surface area contributed by atoms with Crippen LogP contribution in [0.3, 0.4) is 0 Å². The van der Waals surface area contributed by atoms with Crippen molar-refractivity contribution in [2.45, 2.75) is 51.9 Å². The summed E-state index contributed by atoms with van der Waals surface area (Å²) in [5, 5.41) is 11.4. The molecule has 2 N–H and O–H groups in total. The lowest BCUT2D eigenvalue weighted by atomic mass is 9.83. The van der Waals surface area contributed by atoms with E-state index in [2.05, 4.69) is 12.2 Å². The van der Waals surface area contributed by atoms with Crippen molar-refractivity contribution in [1.29, 1.82) is 0 Å². The Morgan fingerprint density at radius 3 is 2.41 bits per heavy atom. The Balaban J connectivity index is 2.05. The summed E-state index contributed by atoms with van der Waals surface area (Å²) in [6.07, 6.45) is 5.78. The van der Waals surface area contributed by atoms with Crippen LogP contribution < -0.4 is 5.32 Å². The van der Waals surface area contributed by atoms with E-state index in [1.165, 1.54) is 25.7 Å². The summed E-state index contributed by atoms with van der Waals surface area (Å²) >= 11 is 0. The third-order valence-corrected chi connectivity index (χ3v) is 3.52.